The van der Waals surface area contributed by atoms with Crippen LogP contribution in [0.15, 0.2) is 30.3 Å². The maximum absolute atomic E-state index is 12.2. The Kier molecular flexibility index (Phi) is 5.92. The predicted octanol–water partition coefficient (Wildman–Crippen LogP) is 2.91. The number of anilines is 1. The van der Waals surface area contributed by atoms with Crippen molar-refractivity contribution in [1.29, 1.82) is 0 Å². The fourth-order valence-electron chi connectivity index (χ4n) is 2.40. The molecule has 1 aliphatic heterocycles. The van der Waals surface area contributed by atoms with Gasteiger partial charge in [0, 0.05) is 37.0 Å². The largest absolute Gasteiger partial charge is 0.315 e. The summed E-state index contributed by atoms with van der Waals surface area (Å²) >= 11 is 2.05. The highest BCUT2D eigenvalue weighted by molar-refractivity contribution is 8.00. The first-order valence-electron chi connectivity index (χ1n) is 7.33. The summed E-state index contributed by atoms with van der Waals surface area (Å²) in [5, 5.41) is 4.23. The second kappa shape index (κ2) is 7.70. The van der Waals surface area contributed by atoms with E-state index in [-0.39, 0.29) is 11.9 Å². The van der Waals surface area contributed by atoms with E-state index in [1.54, 1.807) is 4.90 Å². The Hall–Kier alpha value is -1.00. The molecule has 1 N–H and O–H groups in total. The lowest BCUT2D eigenvalue weighted by atomic mass is 10.2. The van der Waals surface area contributed by atoms with E-state index in [2.05, 4.69) is 12.2 Å². The molecule has 20 heavy (non-hydrogen) atoms. The molecule has 0 radical (unpaired) electrons. The van der Waals surface area contributed by atoms with Crippen LogP contribution in [0.25, 0.3) is 0 Å². The van der Waals surface area contributed by atoms with Crippen molar-refractivity contribution < 1.29 is 4.79 Å². The van der Waals surface area contributed by atoms with Gasteiger partial charge in [-0.15, -0.1) is 0 Å². The van der Waals surface area contributed by atoms with E-state index in [4.69, 9.17) is 0 Å². The number of rotatable bonds is 6. The Morgan fingerprint density at radius 1 is 1.45 bits per heavy atom. The number of amides is 1. The van der Waals surface area contributed by atoms with Crippen molar-refractivity contribution in [3.63, 3.8) is 0 Å². The van der Waals surface area contributed by atoms with Crippen LogP contribution in [0.5, 0.6) is 0 Å². The predicted molar refractivity (Wildman–Crippen MR) is 87.4 cm³/mol. The van der Waals surface area contributed by atoms with Crippen molar-refractivity contribution in [2.75, 3.05) is 24.2 Å². The molecule has 1 fully saturated rings. The number of nitrogens with one attached hydrogen (secondary N) is 1. The number of benzene rings is 1. The number of hydrogen-bond acceptors (Lipinski definition) is 3. The third-order valence-electron chi connectivity index (χ3n) is 3.72. The van der Waals surface area contributed by atoms with E-state index >= 15 is 0 Å². The SMILES string of the molecule is C[C@H](CC(=O)N(C)c1ccccc1)NC[C@@H]1CCCS1. The molecular formula is C16H24N2OS. The molecule has 3 nitrogen and oxygen atoms in total. The molecule has 0 spiro atoms. The van der Waals surface area contributed by atoms with Gasteiger partial charge < -0.3 is 10.2 Å². The molecule has 1 heterocycles. The van der Waals surface area contributed by atoms with Crippen LogP contribution in [0.2, 0.25) is 0 Å². The summed E-state index contributed by atoms with van der Waals surface area (Å²) in [5.74, 6) is 1.45. The van der Waals surface area contributed by atoms with Crippen LogP contribution >= 0.6 is 11.8 Å². The fourth-order valence-corrected chi connectivity index (χ4v) is 3.62. The molecule has 0 aliphatic carbocycles. The van der Waals surface area contributed by atoms with Crippen molar-refractivity contribution in [2.45, 2.75) is 37.5 Å². The van der Waals surface area contributed by atoms with E-state index in [1.165, 1.54) is 18.6 Å². The quantitative estimate of drug-likeness (QED) is 0.875. The smallest absolute Gasteiger partial charge is 0.228 e. The monoisotopic (exact) mass is 292 g/mol. The van der Waals surface area contributed by atoms with Crippen molar-refractivity contribution in [3.05, 3.63) is 30.3 Å². The lowest BCUT2D eigenvalue weighted by Gasteiger charge is -2.21. The van der Waals surface area contributed by atoms with E-state index in [1.807, 2.05) is 49.1 Å². The van der Waals surface area contributed by atoms with Crippen LogP contribution < -0.4 is 10.2 Å². The van der Waals surface area contributed by atoms with Crippen molar-refractivity contribution >= 4 is 23.4 Å². The zero-order valence-corrected chi connectivity index (χ0v) is 13.2. The minimum atomic E-state index is 0.162. The van der Waals surface area contributed by atoms with Crippen LogP contribution in [-0.4, -0.2) is 36.5 Å². The highest BCUT2D eigenvalue weighted by Crippen LogP contribution is 2.25. The van der Waals surface area contributed by atoms with E-state index in [9.17, 15) is 4.79 Å². The second-order valence-corrected chi connectivity index (χ2v) is 6.85. The Balaban J connectivity index is 1.75. The molecule has 0 unspecified atom stereocenters. The van der Waals surface area contributed by atoms with Crippen LogP contribution in [-0.2, 0) is 4.79 Å². The van der Waals surface area contributed by atoms with Gasteiger partial charge in [-0.05, 0) is 37.7 Å². The first-order valence-corrected chi connectivity index (χ1v) is 8.38. The second-order valence-electron chi connectivity index (χ2n) is 5.44. The van der Waals surface area contributed by atoms with E-state index < -0.39 is 0 Å². The van der Waals surface area contributed by atoms with Crippen molar-refractivity contribution in [3.8, 4) is 0 Å². The number of carbonyl (C=O) groups is 1. The molecule has 4 heteroatoms. The van der Waals surface area contributed by atoms with Gasteiger partial charge in [-0.2, -0.15) is 11.8 Å². The molecule has 1 saturated heterocycles. The average Bonchev–Trinajstić information content (AvgIpc) is 2.98. The molecule has 1 aliphatic rings. The van der Waals surface area contributed by atoms with Gasteiger partial charge in [-0.3, -0.25) is 4.79 Å². The molecule has 110 valence electrons. The first-order chi connectivity index (χ1) is 9.66. The molecule has 1 aromatic carbocycles. The van der Waals surface area contributed by atoms with Crippen LogP contribution in [0.4, 0.5) is 5.69 Å². The zero-order valence-electron chi connectivity index (χ0n) is 12.3. The van der Waals surface area contributed by atoms with Gasteiger partial charge in [-0.1, -0.05) is 18.2 Å². The third-order valence-corrected chi connectivity index (χ3v) is 5.11. The maximum atomic E-state index is 12.2. The van der Waals surface area contributed by atoms with Gasteiger partial charge in [0.15, 0.2) is 0 Å². The Morgan fingerprint density at radius 2 is 2.20 bits per heavy atom. The number of carbonyl (C=O) groups excluding carboxylic acids is 1. The average molecular weight is 292 g/mol. The van der Waals surface area contributed by atoms with E-state index in [0.717, 1.165) is 17.5 Å². The van der Waals surface area contributed by atoms with Gasteiger partial charge in [0.2, 0.25) is 5.91 Å². The van der Waals surface area contributed by atoms with E-state index in [0.29, 0.717) is 6.42 Å². The van der Waals surface area contributed by atoms with Gasteiger partial charge in [-0.25, -0.2) is 0 Å². The highest BCUT2D eigenvalue weighted by atomic mass is 32.2. The summed E-state index contributed by atoms with van der Waals surface area (Å²) in [4.78, 5) is 14.0. The maximum Gasteiger partial charge on any atom is 0.228 e. The number of thioether (sulfide) groups is 1. The summed E-state index contributed by atoms with van der Waals surface area (Å²) in [6.07, 6.45) is 3.19. The van der Waals surface area contributed by atoms with Crippen LogP contribution in [0.1, 0.15) is 26.2 Å². The summed E-state index contributed by atoms with van der Waals surface area (Å²) in [7, 11) is 1.84. The third kappa shape index (κ3) is 4.53. The first kappa shape index (κ1) is 15.4. The molecular weight excluding hydrogens is 268 g/mol. The molecule has 0 aromatic heterocycles. The van der Waals surface area contributed by atoms with Gasteiger partial charge in [0.05, 0.1) is 0 Å². The minimum Gasteiger partial charge on any atom is -0.315 e. The van der Waals surface area contributed by atoms with Crippen molar-refractivity contribution in [2.24, 2.45) is 0 Å². The Morgan fingerprint density at radius 3 is 2.85 bits per heavy atom. The molecule has 1 aromatic rings. The lowest BCUT2D eigenvalue weighted by molar-refractivity contribution is -0.118. The van der Waals surface area contributed by atoms with Crippen LogP contribution in [0.3, 0.4) is 0 Å². The zero-order chi connectivity index (χ0) is 14.4. The normalized spacial score (nSPS) is 19.8. The summed E-state index contributed by atoms with van der Waals surface area (Å²) in [6, 6.07) is 10.0. The topological polar surface area (TPSA) is 32.3 Å². The number of hydrogen-bond donors (Lipinski definition) is 1. The fraction of sp³-hybridized carbons (Fsp3) is 0.562. The number of nitrogens with zero attached hydrogens (tertiary/aromatic N) is 1. The summed E-state index contributed by atoms with van der Waals surface area (Å²) in [6.45, 7) is 3.12. The van der Waals surface area contributed by atoms with Gasteiger partial charge >= 0.3 is 0 Å². The Labute approximate surface area is 126 Å². The Bertz CT molecular complexity index is 418. The summed E-state index contributed by atoms with van der Waals surface area (Å²) in [5.41, 5.74) is 0.955. The minimum absolute atomic E-state index is 0.162. The molecule has 0 saturated carbocycles. The lowest BCUT2D eigenvalue weighted by Crippen LogP contribution is -2.37. The molecule has 2 rings (SSSR count). The molecule has 2 atom stereocenters. The van der Waals surface area contributed by atoms with Crippen LogP contribution in [0, 0.1) is 0 Å². The van der Waals surface area contributed by atoms with Gasteiger partial charge in [0.1, 0.15) is 0 Å². The molecule has 0 bridgehead atoms. The molecule has 1 amide bonds. The standard InChI is InChI=1S/C16H24N2OS/c1-13(17-12-15-9-6-10-20-15)11-16(19)18(2)14-7-4-3-5-8-14/h3-5,7-8,13,15,17H,6,9-12H2,1-2H3/t13-,15+/m1/s1. The van der Waals surface area contributed by atoms with Gasteiger partial charge in [0.25, 0.3) is 0 Å². The highest BCUT2D eigenvalue weighted by Gasteiger charge is 2.18. The summed E-state index contributed by atoms with van der Waals surface area (Å²) < 4.78 is 0. The number of para-hydroxylation sites is 1. The van der Waals surface area contributed by atoms with Crippen molar-refractivity contribution in [1.82, 2.24) is 5.32 Å².